The van der Waals surface area contributed by atoms with Gasteiger partial charge in [0.15, 0.2) is 0 Å². The van der Waals surface area contributed by atoms with Gasteiger partial charge in [0.1, 0.15) is 11.5 Å². The topological polar surface area (TPSA) is 92.9 Å². The van der Waals surface area contributed by atoms with Crippen LogP contribution in [0.1, 0.15) is 20.8 Å². The van der Waals surface area contributed by atoms with Gasteiger partial charge in [-0.25, -0.2) is 4.79 Å². The Morgan fingerprint density at radius 3 is 2.65 bits per heavy atom. The van der Waals surface area contributed by atoms with Gasteiger partial charge in [-0.15, -0.1) is 0 Å². The van der Waals surface area contributed by atoms with Crippen LogP contribution in [0.3, 0.4) is 0 Å². The lowest BCUT2D eigenvalue weighted by Crippen LogP contribution is -2.33. The SMILES string of the molecule is CCn1c(N)c(NCC=C(C)C)c(=O)[nH]c1=O. The second kappa shape index (κ2) is 5.38. The van der Waals surface area contributed by atoms with Crippen LogP contribution in [-0.4, -0.2) is 16.1 Å². The van der Waals surface area contributed by atoms with E-state index in [-0.39, 0.29) is 11.5 Å². The Kier molecular flexibility index (Phi) is 4.14. The number of nitrogen functional groups attached to an aromatic ring is 1. The van der Waals surface area contributed by atoms with E-state index in [1.807, 2.05) is 19.9 Å². The number of hydrogen-bond acceptors (Lipinski definition) is 4. The van der Waals surface area contributed by atoms with Crippen LogP contribution in [0.25, 0.3) is 0 Å². The third kappa shape index (κ3) is 2.99. The smallest absolute Gasteiger partial charge is 0.330 e. The highest BCUT2D eigenvalue weighted by Crippen LogP contribution is 2.09. The van der Waals surface area contributed by atoms with Crippen molar-refractivity contribution in [2.75, 3.05) is 17.6 Å². The lowest BCUT2D eigenvalue weighted by molar-refractivity contribution is 0.706. The van der Waals surface area contributed by atoms with Gasteiger partial charge in [0, 0.05) is 13.1 Å². The van der Waals surface area contributed by atoms with E-state index in [2.05, 4.69) is 10.3 Å². The molecule has 1 aromatic rings. The van der Waals surface area contributed by atoms with Crippen LogP contribution in [0, 0.1) is 0 Å². The molecule has 0 atom stereocenters. The number of nitrogens with two attached hydrogens (primary N) is 1. The number of nitrogens with one attached hydrogen (secondary N) is 2. The van der Waals surface area contributed by atoms with E-state index in [0.717, 1.165) is 5.57 Å². The van der Waals surface area contributed by atoms with Crippen LogP contribution in [0.5, 0.6) is 0 Å². The first-order valence-corrected chi connectivity index (χ1v) is 5.47. The number of anilines is 2. The van der Waals surface area contributed by atoms with Gasteiger partial charge in [0.05, 0.1) is 0 Å². The molecule has 0 aliphatic rings. The Morgan fingerprint density at radius 1 is 1.47 bits per heavy atom. The maximum absolute atomic E-state index is 11.6. The fourth-order valence-electron chi connectivity index (χ4n) is 1.43. The predicted octanol–water partition coefficient (Wildman–Crippen LogP) is 0.517. The quantitative estimate of drug-likeness (QED) is 0.666. The van der Waals surface area contributed by atoms with E-state index >= 15 is 0 Å². The largest absolute Gasteiger partial charge is 0.383 e. The van der Waals surface area contributed by atoms with Crippen LogP contribution in [-0.2, 0) is 6.54 Å². The maximum Gasteiger partial charge on any atom is 0.330 e. The molecule has 0 fully saturated rings. The summed E-state index contributed by atoms with van der Waals surface area (Å²) in [6.07, 6.45) is 1.93. The van der Waals surface area contributed by atoms with Crippen LogP contribution in [0.15, 0.2) is 21.2 Å². The zero-order valence-electron chi connectivity index (χ0n) is 10.3. The molecule has 17 heavy (non-hydrogen) atoms. The Hall–Kier alpha value is -1.98. The summed E-state index contributed by atoms with van der Waals surface area (Å²) in [7, 11) is 0. The standard InChI is InChI=1S/C11H18N4O2/c1-4-15-9(12)8(10(16)14-11(15)17)13-6-5-7(2)3/h5,13H,4,6,12H2,1-3H3,(H,14,16,17). The first-order chi connectivity index (χ1) is 7.97. The first kappa shape index (κ1) is 13.1. The third-order valence-electron chi connectivity index (χ3n) is 2.34. The summed E-state index contributed by atoms with van der Waals surface area (Å²) in [5, 5.41) is 2.91. The van der Waals surface area contributed by atoms with Crippen molar-refractivity contribution in [3.05, 3.63) is 32.5 Å². The number of aromatic nitrogens is 2. The molecule has 0 spiro atoms. The summed E-state index contributed by atoms with van der Waals surface area (Å²) in [5.41, 5.74) is 6.18. The fourth-order valence-corrected chi connectivity index (χ4v) is 1.43. The van der Waals surface area contributed by atoms with Gasteiger partial charge in [-0.05, 0) is 20.8 Å². The van der Waals surface area contributed by atoms with Crippen molar-refractivity contribution in [2.24, 2.45) is 0 Å². The normalized spacial score (nSPS) is 10.1. The molecule has 1 rings (SSSR count). The second-order valence-corrected chi connectivity index (χ2v) is 3.93. The molecule has 6 heteroatoms. The van der Waals surface area contributed by atoms with Crippen molar-refractivity contribution in [3.8, 4) is 0 Å². The molecule has 0 aliphatic carbocycles. The number of allylic oxidation sites excluding steroid dienone is 1. The Morgan fingerprint density at radius 2 is 2.12 bits per heavy atom. The molecular weight excluding hydrogens is 220 g/mol. The molecule has 1 aromatic heterocycles. The zero-order valence-corrected chi connectivity index (χ0v) is 10.3. The van der Waals surface area contributed by atoms with Gasteiger partial charge in [0.2, 0.25) is 0 Å². The lowest BCUT2D eigenvalue weighted by atomic mass is 10.3. The van der Waals surface area contributed by atoms with Gasteiger partial charge in [-0.2, -0.15) is 0 Å². The predicted molar refractivity (Wildman–Crippen MR) is 69.3 cm³/mol. The molecule has 94 valence electrons. The molecule has 0 saturated heterocycles. The van der Waals surface area contributed by atoms with Crippen molar-refractivity contribution in [1.29, 1.82) is 0 Å². The van der Waals surface area contributed by atoms with E-state index in [9.17, 15) is 9.59 Å². The van der Waals surface area contributed by atoms with Gasteiger partial charge in [0.25, 0.3) is 5.56 Å². The highest BCUT2D eigenvalue weighted by atomic mass is 16.2. The molecule has 0 amide bonds. The molecule has 0 unspecified atom stereocenters. The van der Waals surface area contributed by atoms with E-state index in [1.165, 1.54) is 4.57 Å². The molecule has 0 aromatic carbocycles. The fraction of sp³-hybridized carbons (Fsp3) is 0.455. The molecule has 0 saturated carbocycles. The van der Waals surface area contributed by atoms with Gasteiger partial charge < -0.3 is 11.1 Å². The maximum atomic E-state index is 11.6. The van der Waals surface area contributed by atoms with E-state index in [1.54, 1.807) is 6.92 Å². The number of rotatable bonds is 4. The molecule has 6 nitrogen and oxygen atoms in total. The van der Waals surface area contributed by atoms with Crippen LogP contribution >= 0.6 is 0 Å². The number of nitrogens with zero attached hydrogens (tertiary/aromatic N) is 1. The van der Waals surface area contributed by atoms with E-state index in [0.29, 0.717) is 13.1 Å². The van der Waals surface area contributed by atoms with Crippen molar-refractivity contribution >= 4 is 11.5 Å². The van der Waals surface area contributed by atoms with E-state index in [4.69, 9.17) is 5.73 Å². The minimum absolute atomic E-state index is 0.170. The number of hydrogen-bond donors (Lipinski definition) is 3. The highest BCUT2D eigenvalue weighted by Gasteiger charge is 2.09. The Bertz CT molecular complexity index is 535. The minimum atomic E-state index is -0.487. The molecule has 0 aliphatic heterocycles. The van der Waals surface area contributed by atoms with Crippen LogP contribution in [0.4, 0.5) is 11.5 Å². The summed E-state index contributed by atoms with van der Waals surface area (Å²) < 4.78 is 1.31. The van der Waals surface area contributed by atoms with Gasteiger partial charge in [-0.1, -0.05) is 11.6 Å². The summed E-state index contributed by atoms with van der Waals surface area (Å²) >= 11 is 0. The third-order valence-corrected chi connectivity index (χ3v) is 2.34. The van der Waals surface area contributed by atoms with Crippen molar-refractivity contribution in [3.63, 3.8) is 0 Å². The molecular formula is C11H18N4O2. The Balaban J connectivity index is 3.12. The molecule has 1 heterocycles. The molecule has 0 bridgehead atoms. The van der Waals surface area contributed by atoms with Crippen molar-refractivity contribution in [1.82, 2.24) is 9.55 Å². The molecule has 0 radical (unpaired) electrons. The number of aromatic amines is 1. The van der Waals surface area contributed by atoms with Gasteiger partial charge in [-0.3, -0.25) is 14.3 Å². The average molecular weight is 238 g/mol. The number of H-pyrrole nitrogens is 1. The second-order valence-electron chi connectivity index (χ2n) is 3.93. The van der Waals surface area contributed by atoms with Crippen molar-refractivity contribution < 1.29 is 0 Å². The van der Waals surface area contributed by atoms with Crippen LogP contribution < -0.4 is 22.3 Å². The Labute approximate surface area is 99.2 Å². The summed E-state index contributed by atoms with van der Waals surface area (Å²) in [6, 6.07) is 0. The molecule has 4 N–H and O–H groups in total. The van der Waals surface area contributed by atoms with Crippen molar-refractivity contribution in [2.45, 2.75) is 27.3 Å². The summed E-state index contributed by atoms with van der Waals surface area (Å²) in [6.45, 7) is 6.62. The van der Waals surface area contributed by atoms with Gasteiger partial charge >= 0.3 is 5.69 Å². The van der Waals surface area contributed by atoms with Crippen LogP contribution in [0.2, 0.25) is 0 Å². The summed E-state index contributed by atoms with van der Waals surface area (Å²) in [5.74, 6) is 0.170. The first-order valence-electron chi connectivity index (χ1n) is 5.47. The average Bonchev–Trinajstić information content (AvgIpc) is 2.22. The van der Waals surface area contributed by atoms with E-state index < -0.39 is 11.2 Å². The minimum Gasteiger partial charge on any atom is -0.383 e. The zero-order chi connectivity index (χ0) is 13.0. The monoisotopic (exact) mass is 238 g/mol. The lowest BCUT2D eigenvalue weighted by Gasteiger charge is -2.11. The summed E-state index contributed by atoms with van der Waals surface area (Å²) in [4.78, 5) is 25.2. The highest BCUT2D eigenvalue weighted by molar-refractivity contribution is 5.60.